The second-order valence-electron chi connectivity index (χ2n) is 4.06. The van der Waals surface area contributed by atoms with Gasteiger partial charge in [0.1, 0.15) is 0 Å². The minimum absolute atomic E-state index is 0.325. The molecule has 1 atom stereocenters. The van der Waals surface area contributed by atoms with Gasteiger partial charge < -0.3 is 9.15 Å². The summed E-state index contributed by atoms with van der Waals surface area (Å²) in [4.78, 5) is 0. The van der Waals surface area contributed by atoms with E-state index >= 15 is 0 Å². The number of hydrogen-bond donors (Lipinski definition) is 2. The van der Waals surface area contributed by atoms with Crippen LogP contribution in [0.2, 0.25) is 0 Å². The number of hydrazine groups is 1. The Hall–Kier alpha value is -0.840. The van der Waals surface area contributed by atoms with Crippen molar-refractivity contribution in [1.29, 1.82) is 0 Å². The number of furan rings is 1. The summed E-state index contributed by atoms with van der Waals surface area (Å²) >= 11 is 0. The smallest absolute Gasteiger partial charge is 0.0935 e. The van der Waals surface area contributed by atoms with Crippen molar-refractivity contribution in [3.8, 4) is 0 Å². The molecular formula is C11H18N2O2. The van der Waals surface area contributed by atoms with E-state index in [-0.39, 0.29) is 0 Å². The molecule has 1 aromatic rings. The Kier molecular flexibility index (Phi) is 3.77. The summed E-state index contributed by atoms with van der Waals surface area (Å²) < 4.78 is 10.4. The molecule has 1 saturated heterocycles. The van der Waals surface area contributed by atoms with Gasteiger partial charge in [-0.3, -0.25) is 11.3 Å². The Morgan fingerprint density at radius 1 is 1.47 bits per heavy atom. The molecule has 4 heteroatoms. The second-order valence-corrected chi connectivity index (χ2v) is 4.06. The van der Waals surface area contributed by atoms with Crippen molar-refractivity contribution in [2.24, 2.45) is 11.8 Å². The second kappa shape index (κ2) is 5.30. The van der Waals surface area contributed by atoms with Crippen LogP contribution in [0.15, 0.2) is 23.0 Å². The first-order valence-electron chi connectivity index (χ1n) is 5.45. The van der Waals surface area contributed by atoms with Crippen LogP contribution in [-0.4, -0.2) is 19.3 Å². The van der Waals surface area contributed by atoms with Crippen molar-refractivity contribution in [2.45, 2.75) is 25.3 Å². The highest BCUT2D eigenvalue weighted by Gasteiger charge is 2.23. The zero-order valence-corrected chi connectivity index (χ0v) is 8.82. The van der Waals surface area contributed by atoms with Crippen LogP contribution in [0, 0.1) is 5.92 Å². The Bertz CT molecular complexity index is 268. The summed E-state index contributed by atoms with van der Waals surface area (Å²) in [5, 5.41) is 0. The molecule has 0 bridgehead atoms. The minimum Gasteiger partial charge on any atom is -0.472 e. The molecule has 1 aliphatic heterocycles. The summed E-state index contributed by atoms with van der Waals surface area (Å²) in [6.07, 6.45) is 6.59. The molecule has 0 spiro atoms. The van der Waals surface area contributed by atoms with Gasteiger partial charge in [0.15, 0.2) is 0 Å². The van der Waals surface area contributed by atoms with Gasteiger partial charge >= 0.3 is 0 Å². The fourth-order valence-electron chi connectivity index (χ4n) is 2.14. The first-order valence-corrected chi connectivity index (χ1v) is 5.45. The summed E-state index contributed by atoms with van der Waals surface area (Å²) in [5.41, 5.74) is 4.11. The number of ether oxygens (including phenoxy) is 1. The molecule has 4 nitrogen and oxygen atoms in total. The summed E-state index contributed by atoms with van der Waals surface area (Å²) in [7, 11) is 0. The van der Waals surface area contributed by atoms with Crippen LogP contribution < -0.4 is 11.3 Å². The molecule has 1 aliphatic rings. The van der Waals surface area contributed by atoms with Gasteiger partial charge in [0, 0.05) is 19.3 Å². The van der Waals surface area contributed by atoms with Crippen LogP contribution in [0.3, 0.4) is 0 Å². The fraction of sp³-hybridized carbons (Fsp3) is 0.636. The Morgan fingerprint density at radius 3 is 2.87 bits per heavy atom. The zero-order chi connectivity index (χ0) is 10.5. The third-order valence-corrected chi connectivity index (χ3v) is 3.08. The SMILES string of the molecule is NNC(Cc1ccoc1)C1CCOCC1. The molecule has 2 heterocycles. The van der Waals surface area contributed by atoms with E-state index in [1.54, 1.807) is 12.5 Å². The third kappa shape index (κ3) is 2.81. The highest BCUT2D eigenvalue weighted by atomic mass is 16.5. The van der Waals surface area contributed by atoms with Crippen molar-refractivity contribution in [2.75, 3.05) is 13.2 Å². The fourth-order valence-corrected chi connectivity index (χ4v) is 2.14. The van der Waals surface area contributed by atoms with Gasteiger partial charge in [0.25, 0.3) is 0 Å². The average molecular weight is 210 g/mol. The maximum Gasteiger partial charge on any atom is 0.0935 e. The predicted molar refractivity (Wildman–Crippen MR) is 57.1 cm³/mol. The van der Waals surface area contributed by atoms with E-state index in [1.807, 2.05) is 6.07 Å². The third-order valence-electron chi connectivity index (χ3n) is 3.08. The molecule has 3 N–H and O–H groups in total. The van der Waals surface area contributed by atoms with Crippen molar-refractivity contribution >= 4 is 0 Å². The lowest BCUT2D eigenvalue weighted by molar-refractivity contribution is 0.0537. The maximum atomic E-state index is 5.60. The molecule has 0 saturated carbocycles. The minimum atomic E-state index is 0.325. The van der Waals surface area contributed by atoms with Crippen molar-refractivity contribution in [1.82, 2.24) is 5.43 Å². The van der Waals surface area contributed by atoms with Crippen LogP contribution in [-0.2, 0) is 11.2 Å². The van der Waals surface area contributed by atoms with Gasteiger partial charge in [0.2, 0.25) is 0 Å². The van der Waals surface area contributed by atoms with Gasteiger partial charge in [-0.2, -0.15) is 0 Å². The summed E-state index contributed by atoms with van der Waals surface area (Å²) in [5.74, 6) is 6.21. The van der Waals surface area contributed by atoms with Crippen LogP contribution >= 0.6 is 0 Å². The normalized spacial score (nSPS) is 20.3. The predicted octanol–water partition coefficient (Wildman–Crippen LogP) is 1.08. The van der Waals surface area contributed by atoms with Gasteiger partial charge in [-0.1, -0.05) is 0 Å². The van der Waals surface area contributed by atoms with Gasteiger partial charge in [-0.05, 0) is 36.8 Å². The first-order chi connectivity index (χ1) is 7.40. The first kappa shape index (κ1) is 10.7. The van der Waals surface area contributed by atoms with E-state index in [0.717, 1.165) is 32.5 Å². The van der Waals surface area contributed by atoms with E-state index in [9.17, 15) is 0 Å². The maximum absolute atomic E-state index is 5.60. The molecule has 0 aliphatic carbocycles. The van der Waals surface area contributed by atoms with Crippen molar-refractivity contribution in [3.63, 3.8) is 0 Å². The van der Waals surface area contributed by atoms with Crippen LogP contribution in [0.1, 0.15) is 18.4 Å². The molecule has 1 aromatic heterocycles. The van der Waals surface area contributed by atoms with Crippen LogP contribution in [0.4, 0.5) is 0 Å². The lowest BCUT2D eigenvalue weighted by Crippen LogP contribution is -2.44. The van der Waals surface area contributed by atoms with Crippen LogP contribution in [0.25, 0.3) is 0 Å². The topological polar surface area (TPSA) is 60.4 Å². The number of nitrogens with one attached hydrogen (secondary N) is 1. The van der Waals surface area contributed by atoms with Crippen LogP contribution in [0.5, 0.6) is 0 Å². The monoisotopic (exact) mass is 210 g/mol. The lowest BCUT2D eigenvalue weighted by atomic mass is 9.89. The summed E-state index contributed by atoms with van der Waals surface area (Å²) in [6.45, 7) is 1.71. The summed E-state index contributed by atoms with van der Waals surface area (Å²) in [6, 6.07) is 2.32. The highest BCUT2D eigenvalue weighted by Crippen LogP contribution is 2.21. The van der Waals surface area contributed by atoms with E-state index in [4.69, 9.17) is 15.0 Å². The lowest BCUT2D eigenvalue weighted by Gasteiger charge is -2.29. The largest absolute Gasteiger partial charge is 0.472 e. The molecule has 1 unspecified atom stereocenters. The molecule has 2 rings (SSSR count). The van der Waals surface area contributed by atoms with E-state index in [0.29, 0.717) is 12.0 Å². The Balaban J connectivity index is 1.91. The molecule has 15 heavy (non-hydrogen) atoms. The highest BCUT2D eigenvalue weighted by molar-refractivity contribution is 5.07. The van der Waals surface area contributed by atoms with E-state index < -0.39 is 0 Å². The molecule has 1 fully saturated rings. The van der Waals surface area contributed by atoms with Crippen molar-refractivity contribution < 1.29 is 9.15 Å². The average Bonchev–Trinajstić information content (AvgIpc) is 2.80. The Labute approximate surface area is 89.7 Å². The zero-order valence-electron chi connectivity index (χ0n) is 8.82. The molecular weight excluding hydrogens is 192 g/mol. The number of rotatable bonds is 4. The van der Waals surface area contributed by atoms with Gasteiger partial charge in [-0.15, -0.1) is 0 Å². The molecule has 0 amide bonds. The molecule has 0 aromatic carbocycles. The molecule has 84 valence electrons. The number of nitrogens with two attached hydrogens (primary N) is 1. The standard InChI is InChI=1S/C11H18N2O2/c12-13-11(7-9-1-4-15-8-9)10-2-5-14-6-3-10/h1,4,8,10-11,13H,2-3,5-7,12H2. The Morgan fingerprint density at radius 2 is 2.27 bits per heavy atom. The van der Waals surface area contributed by atoms with Gasteiger partial charge in [-0.25, -0.2) is 0 Å². The van der Waals surface area contributed by atoms with Gasteiger partial charge in [0.05, 0.1) is 12.5 Å². The molecule has 0 radical (unpaired) electrons. The van der Waals surface area contributed by atoms with Crippen molar-refractivity contribution in [3.05, 3.63) is 24.2 Å². The van der Waals surface area contributed by atoms with E-state index in [2.05, 4.69) is 5.43 Å². The quantitative estimate of drug-likeness (QED) is 0.576. The number of hydrogen-bond acceptors (Lipinski definition) is 4. The van der Waals surface area contributed by atoms with E-state index in [1.165, 1.54) is 5.56 Å².